The van der Waals surface area contributed by atoms with E-state index in [1.54, 1.807) is 11.1 Å². The van der Waals surface area contributed by atoms with E-state index in [1.165, 1.54) is 50.5 Å². The summed E-state index contributed by atoms with van der Waals surface area (Å²) in [6, 6.07) is 7.29. The number of unbranched alkanes of at least 4 members (excludes halogenated alkanes) is 1. The third-order valence-electron chi connectivity index (χ3n) is 4.84. The van der Waals surface area contributed by atoms with Crippen molar-refractivity contribution in [2.75, 3.05) is 0 Å². The van der Waals surface area contributed by atoms with Crippen LogP contribution >= 0.6 is 0 Å². The van der Waals surface area contributed by atoms with Crippen molar-refractivity contribution in [3.63, 3.8) is 0 Å². The van der Waals surface area contributed by atoms with Crippen LogP contribution in [0, 0.1) is 5.92 Å². The topological polar surface area (TPSA) is 38.0 Å². The number of rotatable bonds is 8. The molecule has 0 spiro atoms. The molecule has 0 heterocycles. The predicted octanol–water partition coefficient (Wildman–Crippen LogP) is 4.29. The van der Waals surface area contributed by atoms with Gasteiger partial charge in [-0.15, -0.1) is 0 Å². The van der Waals surface area contributed by atoms with Gasteiger partial charge in [-0.1, -0.05) is 57.7 Å². The number of hydrogen-bond donors (Lipinski definition) is 2. The maximum Gasteiger partial charge on any atom is 0.0462 e. The molecular weight excluding hydrogens is 244 g/mol. The quantitative estimate of drug-likeness (QED) is 0.548. The summed E-state index contributed by atoms with van der Waals surface area (Å²) in [6.07, 6.45) is 10.2. The van der Waals surface area contributed by atoms with E-state index in [0.717, 1.165) is 12.3 Å². The van der Waals surface area contributed by atoms with E-state index in [9.17, 15) is 0 Å². The largest absolute Gasteiger partial charge is 0.271 e. The van der Waals surface area contributed by atoms with E-state index in [-0.39, 0.29) is 0 Å². The second kappa shape index (κ2) is 7.80. The lowest BCUT2D eigenvalue weighted by Gasteiger charge is -2.23. The van der Waals surface area contributed by atoms with Crippen LogP contribution in [0.5, 0.6) is 0 Å². The standard InChI is InChI=1S/C18H30N2/c1-3-5-7-14(4-2)12-18(20-19)17-11-10-15-8-6-9-16(15)13-17/h10-11,13-14,18,20H,3-9,12,19H2,1-2H3. The first kappa shape index (κ1) is 15.5. The van der Waals surface area contributed by atoms with Gasteiger partial charge in [0.15, 0.2) is 0 Å². The number of aryl methyl sites for hydroxylation is 2. The third-order valence-corrected chi connectivity index (χ3v) is 4.84. The molecule has 2 heteroatoms. The van der Waals surface area contributed by atoms with E-state index in [1.807, 2.05) is 0 Å². The molecule has 20 heavy (non-hydrogen) atoms. The van der Waals surface area contributed by atoms with Gasteiger partial charge in [-0.05, 0) is 48.3 Å². The lowest BCUT2D eigenvalue weighted by molar-refractivity contribution is 0.356. The van der Waals surface area contributed by atoms with Crippen molar-refractivity contribution in [1.82, 2.24) is 5.43 Å². The Morgan fingerprint density at radius 3 is 2.70 bits per heavy atom. The molecular formula is C18H30N2. The summed E-state index contributed by atoms with van der Waals surface area (Å²) in [5.74, 6) is 6.61. The number of hydrazine groups is 1. The molecule has 2 nitrogen and oxygen atoms in total. The fraction of sp³-hybridized carbons (Fsp3) is 0.667. The van der Waals surface area contributed by atoms with Crippen LogP contribution in [0.1, 0.15) is 75.1 Å². The van der Waals surface area contributed by atoms with Gasteiger partial charge in [0.1, 0.15) is 0 Å². The highest BCUT2D eigenvalue weighted by molar-refractivity contribution is 5.36. The van der Waals surface area contributed by atoms with Gasteiger partial charge in [-0.2, -0.15) is 0 Å². The second-order valence-corrected chi connectivity index (χ2v) is 6.25. The van der Waals surface area contributed by atoms with Crippen LogP contribution in [0.2, 0.25) is 0 Å². The molecule has 2 atom stereocenters. The highest BCUT2D eigenvalue weighted by Crippen LogP contribution is 2.30. The molecule has 0 saturated heterocycles. The lowest BCUT2D eigenvalue weighted by atomic mass is 9.88. The summed E-state index contributed by atoms with van der Waals surface area (Å²) in [5.41, 5.74) is 7.52. The summed E-state index contributed by atoms with van der Waals surface area (Å²) in [7, 11) is 0. The molecule has 1 aliphatic carbocycles. The SMILES string of the molecule is CCCCC(CC)CC(NN)c1ccc2c(c1)CCC2. The third kappa shape index (κ3) is 3.83. The monoisotopic (exact) mass is 274 g/mol. The molecule has 112 valence electrons. The maximum absolute atomic E-state index is 5.83. The van der Waals surface area contributed by atoms with Gasteiger partial charge >= 0.3 is 0 Å². The van der Waals surface area contributed by atoms with Crippen molar-refractivity contribution in [3.8, 4) is 0 Å². The molecule has 0 saturated carbocycles. The Bertz CT molecular complexity index is 414. The average Bonchev–Trinajstić information content (AvgIpc) is 2.95. The highest BCUT2D eigenvalue weighted by Gasteiger charge is 2.18. The molecule has 0 amide bonds. The van der Waals surface area contributed by atoms with Gasteiger partial charge in [0.2, 0.25) is 0 Å². The average molecular weight is 274 g/mol. The van der Waals surface area contributed by atoms with Gasteiger partial charge < -0.3 is 0 Å². The Morgan fingerprint density at radius 2 is 2.00 bits per heavy atom. The summed E-state index contributed by atoms with van der Waals surface area (Å²) < 4.78 is 0. The number of nitrogens with two attached hydrogens (primary N) is 1. The molecule has 0 aromatic heterocycles. The van der Waals surface area contributed by atoms with E-state index >= 15 is 0 Å². The van der Waals surface area contributed by atoms with E-state index in [0.29, 0.717) is 6.04 Å². The van der Waals surface area contributed by atoms with Crippen LogP contribution in [0.25, 0.3) is 0 Å². The highest BCUT2D eigenvalue weighted by atomic mass is 15.2. The summed E-state index contributed by atoms with van der Waals surface area (Å²) in [5, 5.41) is 0. The Labute approximate surface area is 124 Å². The van der Waals surface area contributed by atoms with Gasteiger partial charge in [0.05, 0.1) is 0 Å². The smallest absolute Gasteiger partial charge is 0.0462 e. The van der Waals surface area contributed by atoms with E-state index < -0.39 is 0 Å². The Balaban J connectivity index is 2.03. The minimum atomic E-state index is 0.308. The van der Waals surface area contributed by atoms with Crippen LogP contribution in [0.3, 0.4) is 0 Å². The van der Waals surface area contributed by atoms with Crippen LogP contribution in [-0.4, -0.2) is 0 Å². The van der Waals surface area contributed by atoms with Crippen molar-refractivity contribution in [2.45, 2.75) is 71.3 Å². The van der Waals surface area contributed by atoms with Crippen molar-refractivity contribution in [3.05, 3.63) is 34.9 Å². The molecule has 1 aliphatic rings. The van der Waals surface area contributed by atoms with Gasteiger partial charge in [0.25, 0.3) is 0 Å². The Morgan fingerprint density at radius 1 is 1.20 bits per heavy atom. The van der Waals surface area contributed by atoms with Crippen LogP contribution in [0.15, 0.2) is 18.2 Å². The van der Waals surface area contributed by atoms with Gasteiger partial charge in [0, 0.05) is 6.04 Å². The summed E-state index contributed by atoms with van der Waals surface area (Å²) in [4.78, 5) is 0. The molecule has 0 radical (unpaired) electrons. The minimum absolute atomic E-state index is 0.308. The molecule has 0 fully saturated rings. The van der Waals surface area contributed by atoms with Crippen molar-refractivity contribution in [1.29, 1.82) is 0 Å². The fourth-order valence-corrected chi connectivity index (χ4v) is 3.42. The zero-order chi connectivity index (χ0) is 14.4. The molecule has 1 aromatic rings. The van der Waals surface area contributed by atoms with Gasteiger partial charge in [-0.3, -0.25) is 11.3 Å². The van der Waals surface area contributed by atoms with E-state index in [2.05, 4.69) is 37.5 Å². The molecule has 2 rings (SSSR count). The number of fused-ring (bicyclic) bond motifs is 1. The zero-order valence-corrected chi connectivity index (χ0v) is 13.1. The first-order chi connectivity index (χ1) is 9.78. The van der Waals surface area contributed by atoms with Crippen molar-refractivity contribution < 1.29 is 0 Å². The molecule has 0 aliphatic heterocycles. The zero-order valence-electron chi connectivity index (χ0n) is 13.1. The molecule has 0 bridgehead atoms. The summed E-state index contributed by atoms with van der Waals surface area (Å²) in [6.45, 7) is 4.57. The number of hydrogen-bond acceptors (Lipinski definition) is 2. The lowest BCUT2D eigenvalue weighted by Crippen LogP contribution is -2.29. The Kier molecular flexibility index (Phi) is 6.06. The number of nitrogens with one attached hydrogen (secondary N) is 1. The van der Waals surface area contributed by atoms with E-state index in [4.69, 9.17) is 5.84 Å². The number of benzene rings is 1. The fourth-order valence-electron chi connectivity index (χ4n) is 3.42. The Hall–Kier alpha value is -0.860. The van der Waals surface area contributed by atoms with Crippen LogP contribution in [-0.2, 0) is 12.8 Å². The second-order valence-electron chi connectivity index (χ2n) is 6.25. The first-order valence-electron chi connectivity index (χ1n) is 8.36. The van der Waals surface area contributed by atoms with Crippen LogP contribution in [0.4, 0.5) is 0 Å². The minimum Gasteiger partial charge on any atom is -0.271 e. The molecule has 1 aromatic carbocycles. The van der Waals surface area contributed by atoms with Crippen molar-refractivity contribution in [2.24, 2.45) is 11.8 Å². The molecule has 2 unspecified atom stereocenters. The predicted molar refractivity (Wildman–Crippen MR) is 86.5 cm³/mol. The van der Waals surface area contributed by atoms with Gasteiger partial charge in [-0.25, -0.2) is 0 Å². The summed E-state index contributed by atoms with van der Waals surface area (Å²) >= 11 is 0. The van der Waals surface area contributed by atoms with Crippen molar-refractivity contribution >= 4 is 0 Å². The van der Waals surface area contributed by atoms with Crippen LogP contribution < -0.4 is 11.3 Å². The first-order valence-corrected chi connectivity index (χ1v) is 8.36. The molecule has 3 N–H and O–H groups in total. The normalized spacial score (nSPS) is 16.9. The maximum atomic E-state index is 5.83.